The quantitative estimate of drug-likeness (QED) is 0.827. The number of hydrogen-bond acceptors (Lipinski definition) is 3. The topological polar surface area (TPSA) is 41.6 Å². The number of amides is 1. The lowest BCUT2D eigenvalue weighted by molar-refractivity contribution is -0.144. The normalized spacial score (nSPS) is 37.3. The zero-order chi connectivity index (χ0) is 13.2. The van der Waals surface area contributed by atoms with Crippen molar-refractivity contribution in [2.45, 2.75) is 64.1 Å². The Morgan fingerprint density at radius 3 is 2.94 bits per heavy atom. The van der Waals surface area contributed by atoms with Gasteiger partial charge in [-0.2, -0.15) is 0 Å². The first kappa shape index (κ1) is 13.8. The van der Waals surface area contributed by atoms with E-state index < -0.39 is 0 Å². The van der Waals surface area contributed by atoms with Gasteiger partial charge in [0, 0.05) is 13.2 Å². The molecule has 104 valence electrons. The summed E-state index contributed by atoms with van der Waals surface area (Å²) >= 11 is 0. The van der Waals surface area contributed by atoms with E-state index in [1.807, 2.05) is 0 Å². The maximum Gasteiger partial charge on any atom is 0.240 e. The molecule has 2 aliphatic rings. The highest BCUT2D eigenvalue weighted by Crippen LogP contribution is 2.34. The van der Waals surface area contributed by atoms with Crippen molar-refractivity contribution in [2.75, 3.05) is 19.7 Å². The van der Waals surface area contributed by atoms with Crippen LogP contribution in [0.15, 0.2) is 0 Å². The first-order valence-corrected chi connectivity index (χ1v) is 7.26. The number of nitrogens with zero attached hydrogens (tertiary/aromatic N) is 1. The van der Waals surface area contributed by atoms with Gasteiger partial charge in [0.1, 0.15) is 0 Å². The van der Waals surface area contributed by atoms with Gasteiger partial charge in [-0.25, -0.2) is 0 Å². The zero-order valence-corrected chi connectivity index (χ0v) is 11.9. The molecule has 3 atom stereocenters. The molecule has 0 aliphatic carbocycles. The van der Waals surface area contributed by atoms with Crippen molar-refractivity contribution in [1.29, 1.82) is 0 Å². The predicted molar refractivity (Wildman–Crippen MR) is 71.5 cm³/mol. The van der Waals surface area contributed by atoms with Crippen LogP contribution in [0.1, 0.15) is 46.5 Å². The highest BCUT2D eigenvalue weighted by molar-refractivity contribution is 5.83. The number of carbonyl (C=O) groups is 1. The molecule has 0 aromatic rings. The summed E-state index contributed by atoms with van der Waals surface area (Å²) in [4.78, 5) is 14.6. The van der Waals surface area contributed by atoms with Crippen molar-refractivity contribution >= 4 is 5.91 Å². The summed E-state index contributed by atoms with van der Waals surface area (Å²) in [5.41, 5.74) is -0.107. The Morgan fingerprint density at radius 2 is 2.33 bits per heavy atom. The molecule has 2 saturated heterocycles. The lowest BCUT2D eigenvalue weighted by atomic mass is 9.88. The van der Waals surface area contributed by atoms with Gasteiger partial charge in [0.05, 0.1) is 17.7 Å². The molecule has 0 spiro atoms. The van der Waals surface area contributed by atoms with Gasteiger partial charge in [-0.15, -0.1) is 0 Å². The summed E-state index contributed by atoms with van der Waals surface area (Å²) in [7, 11) is 0. The third-order valence-electron chi connectivity index (χ3n) is 4.55. The van der Waals surface area contributed by atoms with E-state index in [9.17, 15) is 4.79 Å². The van der Waals surface area contributed by atoms with Crippen LogP contribution in [0.4, 0.5) is 0 Å². The van der Waals surface area contributed by atoms with Crippen LogP contribution in [0.3, 0.4) is 0 Å². The minimum absolute atomic E-state index is 0.0170. The van der Waals surface area contributed by atoms with E-state index in [0.29, 0.717) is 0 Å². The molecule has 0 saturated carbocycles. The molecular weight excluding hydrogens is 228 g/mol. The Bertz CT molecular complexity index is 308. The molecule has 3 unspecified atom stereocenters. The van der Waals surface area contributed by atoms with E-state index in [2.05, 4.69) is 31.0 Å². The lowest BCUT2D eigenvalue weighted by Gasteiger charge is -2.45. The number of nitrogens with one attached hydrogen (secondary N) is 1. The number of rotatable bonds is 4. The average Bonchev–Trinajstić information content (AvgIpc) is 2.69. The first-order chi connectivity index (χ1) is 8.59. The van der Waals surface area contributed by atoms with Crippen LogP contribution in [0.2, 0.25) is 0 Å². The summed E-state index contributed by atoms with van der Waals surface area (Å²) < 4.78 is 5.67. The largest absolute Gasteiger partial charge is 0.376 e. The molecule has 2 heterocycles. The summed E-state index contributed by atoms with van der Waals surface area (Å²) in [6, 6.07) is 0.0170. The molecule has 2 fully saturated rings. The molecule has 0 aromatic carbocycles. The third kappa shape index (κ3) is 2.41. The second-order valence-electron chi connectivity index (χ2n) is 5.76. The fourth-order valence-electron chi connectivity index (χ4n) is 3.07. The molecule has 1 amide bonds. The minimum atomic E-state index is -0.107. The highest BCUT2D eigenvalue weighted by atomic mass is 16.5. The van der Waals surface area contributed by atoms with Gasteiger partial charge in [0.2, 0.25) is 5.91 Å². The smallest absolute Gasteiger partial charge is 0.240 e. The Morgan fingerprint density at radius 1 is 1.56 bits per heavy atom. The molecular formula is C14H26N2O2. The van der Waals surface area contributed by atoms with Gasteiger partial charge in [-0.1, -0.05) is 6.92 Å². The van der Waals surface area contributed by atoms with E-state index in [4.69, 9.17) is 4.74 Å². The van der Waals surface area contributed by atoms with Crippen LogP contribution in [0.5, 0.6) is 0 Å². The molecule has 1 N–H and O–H groups in total. The van der Waals surface area contributed by atoms with E-state index >= 15 is 0 Å². The zero-order valence-electron chi connectivity index (χ0n) is 11.9. The van der Waals surface area contributed by atoms with Crippen LogP contribution < -0.4 is 5.32 Å². The van der Waals surface area contributed by atoms with E-state index in [-0.39, 0.29) is 23.6 Å². The van der Waals surface area contributed by atoms with E-state index in [1.54, 1.807) is 0 Å². The fourth-order valence-corrected chi connectivity index (χ4v) is 3.07. The van der Waals surface area contributed by atoms with Crippen molar-refractivity contribution in [3.8, 4) is 0 Å². The van der Waals surface area contributed by atoms with Crippen LogP contribution in [-0.4, -0.2) is 48.2 Å². The van der Waals surface area contributed by atoms with Gasteiger partial charge < -0.3 is 15.0 Å². The van der Waals surface area contributed by atoms with Crippen molar-refractivity contribution in [2.24, 2.45) is 0 Å². The summed E-state index contributed by atoms with van der Waals surface area (Å²) in [6.45, 7) is 8.97. The van der Waals surface area contributed by atoms with Gasteiger partial charge in [-0.3, -0.25) is 4.79 Å². The number of ether oxygens (including phenoxy) is 1. The van der Waals surface area contributed by atoms with Gasteiger partial charge in [-0.05, 0) is 46.1 Å². The Balaban J connectivity index is 2.06. The van der Waals surface area contributed by atoms with Gasteiger partial charge >= 0.3 is 0 Å². The predicted octanol–water partition coefficient (Wildman–Crippen LogP) is 1.54. The van der Waals surface area contributed by atoms with Gasteiger partial charge in [0.25, 0.3) is 0 Å². The molecule has 2 aliphatic heterocycles. The number of piperidine rings is 1. The van der Waals surface area contributed by atoms with Crippen molar-refractivity contribution < 1.29 is 9.53 Å². The van der Waals surface area contributed by atoms with Crippen molar-refractivity contribution in [3.63, 3.8) is 0 Å². The standard InChI is InChI=1S/C14H26N2O2/c1-4-8-15-12-6-5-9-16(13(12)17)14(3)7-10-18-11(14)2/h11-12,15H,4-10H2,1-3H3. The summed E-state index contributed by atoms with van der Waals surface area (Å²) in [6.07, 6.45) is 4.24. The fraction of sp³-hybridized carbons (Fsp3) is 0.929. The van der Waals surface area contributed by atoms with Crippen LogP contribution in [0.25, 0.3) is 0 Å². The van der Waals surface area contributed by atoms with E-state index in [0.717, 1.165) is 45.4 Å². The molecule has 18 heavy (non-hydrogen) atoms. The molecule has 0 bridgehead atoms. The van der Waals surface area contributed by atoms with E-state index in [1.165, 1.54) is 0 Å². The Labute approximate surface area is 110 Å². The second-order valence-corrected chi connectivity index (χ2v) is 5.76. The van der Waals surface area contributed by atoms with Crippen LogP contribution >= 0.6 is 0 Å². The number of carbonyl (C=O) groups excluding carboxylic acids is 1. The molecule has 4 heteroatoms. The second kappa shape index (κ2) is 5.57. The van der Waals surface area contributed by atoms with Crippen LogP contribution in [0, 0.1) is 0 Å². The first-order valence-electron chi connectivity index (χ1n) is 7.26. The minimum Gasteiger partial charge on any atom is -0.376 e. The van der Waals surface area contributed by atoms with Crippen molar-refractivity contribution in [3.05, 3.63) is 0 Å². The molecule has 0 radical (unpaired) electrons. The Kier molecular flexibility index (Phi) is 4.28. The monoisotopic (exact) mass is 254 g/mol. The molecule has 2 rings (SSSR count). The van der Waals surface area contributed by atoms with Crippen LogP contribution in [-0.2, 0) is 9.53 Å². The third-order valence-corrected chi connectivity index (χ3v) is 4.55. The Hall–Kier alpha value is -0.610. The molecule has 0 aromatic heterocycles. The van der Waals surface area contributed by atoms with Gasteiger partial charge in [0.15, 0.2) is 0 Å². The summed E-state index contributed by atoms with van der Waals surface area (Å²) in [5, 5.41) is 3.37. The maximum absolute atomic E-state index is 12.6. The highest BCUT2D eigenvalue weighted by Gasteiger charge is 2.46. The maximum atomic E-state index is 12.6. The molecule has 4 nitrogen and oxygen atoms in total. The number of likely N-dealkylation sites (tertiary alicyclic amines) is 1. The summed E-state index contributed by atoms with van der Waals surface area (Å²) in [5.74, 6) is 0.273. The SMILES string of the molecule is CCCNC1CCCN(C2(C)CCOC2C)C1=O. The van der Waals surface area contributed by atoms with Crippen molar-refractivity contribution in [1.82, 2.24) is 10.2 Å². The lowest BCUT2D eigenvalue weighted by Crippen LogP contribution is -2.61. The number of hydrogen-bond donors (Lipinski definition) is 1. The average molecular weight is 254 g/mol.